The summed E-state index contributed by atoms with van der Waals surface area (Å²) in [6, 6.07) is 23.0. The summed E-state index contributed by atoms with van der Waals surface area (Å²) in [5, 5.41) is 2.88. The molecule has 0 bridgehead atoms. The molecule has 1 fully saturated rings. The summed E-state index contributed by atoms with van der Waals surface area (Å²) >= 11 is 0. The molecule has 2 unspecified atom stereocenters. The Balaban J connectivity index is 1.62. The van der Waals surface area contributed by atoms with Crippen LogP contribution in [0.4, 0.5) is 10.5 Å². The molecular formula is C28H29N3O4. The summed E-state index contributed by atoms with van der Waals surface area (Å²) < 4.78 is 5.76. The number of hydrogen-bond donors (Lipinski definition) is 1. The van der Waals surface area contributed by atoms with Crippen LogP contribution in [0.2, 0.25) is 0 Å². The third-order valence-corrected chi connectivity index (χ3v) is 6.17. The van der Waals surface area contributed by atoms with E-state index in [0.717, 1.165) is 11.1 Å². The molecule has 0 spiro atoms. The fourth-order valence-electron chi connectivity index (χ4n) is 4.05. The second-order valence-corrected chi connectivity index (χ2v) is 8.66. The first-order chi connectivity index (χ1) is 16.9. The molecule has 35 heavy (non-hydrogen) atoms. The maximum atomic E-state index is 13.4. The van der Waals surface area contributed by atoms with Crippen molar-refractivity contribution in [1.29, 1.82) is 0 Å². The number of nitrogens with one attached hydrogen (secondary N) is 1. The van der Waals surface area contributed by atoms with Gasteiger partial charge in [0.25, 0.3) is 5.91 Å². The topological polar surface area (TPSA) is 79.0 Å². The van der Waals surface area contributed by atoms with Crippen LogP contribution in [0, 0.1) is 6.92 Å². The number of ether oxygens (including phenoxy) is 1. The molecule has 0 radical (unpaired) electrons. The zero-order valence-corrected chi connectivity index (χ0v) is 20.1. The number of rotatable bonds is 7. The lowest BCUT2D eigenvalue weighted by Crippen LogP contribution is -2.46. The highest BCUT2D eigenvalue weighted by molar-refractivity contribution is 6.04. The molecule has 7 heteroatoms. The van der Waals surface area contributed by atoms with Crippen molar-refractivity contribution in [1.82, 2.24) is 9.80 Å². The highest BCUT2D eigenvalue weighted by Crippen LogP contribution is 2.35. The molecule has 180 valence electrons. The Kier molecular flexibility index (Phi) is 7.15. The smallest absolute Gasteiger partial charge is 0.411 e. The van der Waals surface area contributed by atoms with Gasteiger partial charge >= 0.3 is 6.09 Å². The van der Waals surface area contributed by atoms with E-state index in [4.69, 9.17) is 4.74 Å². The summed E-state index contributed by atoms with van der Waals surface area (Å²) in [5.74, 6) is -0.445. The maximum Gasteiger partial charge on any atom is 0.411 e. The van der Waals surface area contributed by atoms with E-state index in [1.807, 2.05) is 44.2 Å². The van der Waals surface area contributed by atoms with Crippen molar-refractivity contribution < 1.29 is 19.1 Å². The highest BCUT2D eigenvalue weighted by Gasteiger charge is 2.47. The van der Waals surface area contributed by atoms with Crippen molar-refractivity contribution in [3.63, 3.8) is 0 Å². The molecule has 1 heterocycles. The zero-order chi connectivity index (χ0) is 24.9. The lowest BCUT2D eigenvalue weighted by atomic mass is 9.99. The third-order valence-electron chi connectivity index (χ3n) is 6.17. The van der Waals surface area contributed by atoms with Crippen LogP contribution in [0.15, 0.2) is 78.9 Å². The number of benzene rings is 3. The van der Waals surface area contributed by atoms with E-state index < -0.39 is 18.2 Å². The normalized spacial score (nSPS) is 17.1. The number of cyclic esters (lactones) is 1. The molecule has 0 aromatic heterocycles. The Morgan fingerprint density at radius 1 is 1.00 bits per heavy atom. The van der Waals surface area contributed by atoms with Gasteiger partial charge < -0.3 is 15.0 Å². The highest BCUT2D eigenvalue weighted by atomic mass is 16.6. The average molecular weight is 472 g/mol. The maximum absolute atomic E-state index is 13.4. The minimum Gasteiger partial charge on any atom is -0.438 e. The molecular weight excluding hydrogens is 442 g/mol. The van der Waals surface area contributed by atoms with Gasteiger partial charge in [-0.15, -0.1) is 0 Å². The second-order valence-electron chi connectivity index (χ2n) is 8.66. The molecule has 0 saturated carbocycles. The molecule has 1 N–H and O–H groups in total. The van der Waals surface area contributed by atoms with Gasteiger partial charge in [-0.3, -0.25) is 14.5 Å². The van der Waals surface area contributed by atoms with Crippen molar-refractivity contribution in [2.45, 2.75) is 32.5 Å². The number of amides is 3. The molecule has 1 aliphatic rings. The number of aryl methyl sites for hydroxylation is 1. The molecule has 7 nitrogen and oxygen atoms in total. The second kappa shape index (κ2) is 10.4. The molecule has 3 amide bonds. The Morgan fingerprint density at radius 3 is 2.40 bits per heavy atom. The Labute approximate surface area is 205 Å². The van der Waals surface area contributed by atoms with Crippen molar-refractivity contribution in [3.8, 4) is 0 Å². The predicted octanol–water partition coefficient (Wildman–Crippen LogP) is 4.79. The Morgan fingerprint density at radius 2 is 1.71 bits per heavy atom. The first-order valence-corrected chi connectivity index (χ1v) is 11.6. The van der Waals surface area contributed by atoms with Crippen LogP contribution in [0.25, 0.3) is 0 Å². The van der Waals surface area contributed by atoms with Gasteiger partial charge in [0.15, 0.2) is 12.1 Å². The van der Waals surface area contributed by atoms with E-state index >= 15 is 0 Å². The van der Waals surface area contributed by atoms with E-state index in [0.29, 0.717) is 23.4 Å². The van der Waals surface area contributed by atoms with Crippen molar-refractivity contribution in [2.24, 2.45) is 0 Å². The molecule has 1 aliphatic heterocycles. The molecule has 3 aromatic carbocycles. The lowest BCUT2D eigenvalue weighted by Gasteiger charge is -2.28. The quantitative estimate of drug-likeness (QED) is 0.538. The fraction of sp³-hybridized carbons (Fsp3) is 0.250. The van der Waals surface area contributed by atoms with Gasteiger partial charge in [0.2, 0.25) is 5.91 Å². The molecule has 3 aromatic rings. The van der Waals surface area contributed by atoms with Crippen LogP contribution in [0.5, 0.6) is 0 Å². The number of carbonyl (C=O) groups excluding carboxylic acids is 3. The summed E-state index contributed by atoms with van der Waals surface area (Å²) in [5.41, 5.74) is 3.75. The number of nitrogens with zero attached hydrogens (tertiary/aromatic N) is 2. The largest absolute Gasteiger partial charge is 0.438 e. The van der Waals surface area contributed by atoms with Crippen LogP contribution in [0.1, 0.15) is 40.1 Å². The SMILES string of the molecule is CCN(C)C(=O)C1C(c2cccc(NC(=O)c3ccccc3)c2)OC(=O)N1Cc1ccc(C)cc1. The van der Waals surface area contributed by atoms with Crippen molar-refractivity contribution in [3.05, 3.63) is 101 Å². The van der Waals surface area contributed by atoms with Crippen LogP contribution in [-0.4, -0.2) is 47.3 Å². The van der Waals surface area contributed by atoms with Gasteiger partial charge in [-0.1, -0.05) is 60.2 Å². The van der Waals surface area contributed by atoms with Crippen LogP contribution in [-0.2, 0) is 16.1 Å². The van der Waals surface area contributed by atoms with Crippen molar-refractivity contribution in [2.75, 3.05) is 18.9 Å². The van der Waals surface area contributed by atoms with Gasteiger partial charge in [0.05, 0.1) is 6.54 Å². The van der Waals surface area contributed by atoms with E-state index in [2.05, 4.69) is 5.32 Å². The van der Waals surface area contributed by atoms with Crippen LogP contribution in [0.3, 0.4) is 0 Å². The van der Waals surface area contributed by atoms with Crippen molar-refractivity contribution >= 4 is 23.6 Å². The van der Waals surface area contributed by atoms with E-state index in [9.17, 15) is 14.4 Å². The minimum absolute atomic E-state index is 0.200. The van der Waals surface area contributed by atoms with E-state index in [1.165, 1.54) is 4.90 Å². The first kappa shape index (κ1) is 24.0. The molecule has 1 saturated heterocycles. The summed E-state index contributed by atoms with van der Waals surface area (Å²) in [6.45, 7) is 4.64. The Hall–Kier alpha value is -4.13. The number of hydrogen-bond acceptors (Lipinski definition) is 4. The summed E-state index contributed by atoms with van der Waals surface area (Å²) in [7, 11) is 1.71. The fourth-order valence-corrected chi connectivity index (χ4v) is 4.05. The first-order valence-electron chi connectivity index (χ1n) is 11.6. The molecule has 2 atom stereocenters. The van der Waals surface area contributed by atoms with Crippen LogP contribution >= 0.6 is 0 Å². The number of likely N-dealkylation sites (N-methyl/N-ethyl adjacent to an activating group) is 1. The third kappa shape index (κ3) is 5.35. The van der Waals surface area contributed by atoms with Gasteiger partial charge in [0.1, 0.15) is 0 Å². The zero-order valence-electron chi connectivity index (χ0n) is 20.1. The summed E-state index contributed by atoms with van der Waals surface area (Å²) in [6.07, 6.45) is -1.35. The number of anilines is 1. The minimum atomic E-state index is -0.825. The van der Waals surface area contributed by atoms with Gasteiger partial charge in [-0.05, 0) is 49.2 Å². The lowest BCUT2D eigenvalue weighted by molar-refractivity contribution is -0.135. The predicted molar refractivity (Wildman–Crippen MR) is 134 cm³/mol. The Bertz CT molecular complexity index is 1210. The average Bonchev–Trinajstić information content (AvgIpc) is 3.20. The van der Waals surface area contributed by atoms with Gasteiger partial charge in [-0.2, -0.15) is 0 Å². The monoisotopic (exact) mass is 471 g/mol. The number of carbonyl (C=O) groups is 3. The summed E-state index contributed by atoms with van der Waals surface area (Å²) in [4.78, 5) is 42.0. The van der Waals surface area contributed by atoms with E-state index in [1.54, 1.807) is 60.5 Å². The van der Waals surface area contributed by atoms with Crippen LogP contribution < -0.4 is 5.32 Å². The molecule has 0 aliphatic carbocycles. The van der Waals surface area contributed by atoms with Gasteiger partial charge in [-0.25, -0.2) is 4.79 Å². The van der Waals surface area contributed by atoms with E-state index in [-0.39, 0.29) is 18.4 Å². The van der Waals surface area contributed by atoms with Gasteiger partial charge in [0, 0.05) is 24.8 Å². The standard InChI is InChI=1S/C28H29N3O4/c1-4-30(3)27(33)24-25(35-28(34)31(24)18-20-15-13-19(2)14-16-20)22-11-8-12-23(17-22)29-26(32)21-9-6-5-7-10-21/h5-17,24-25H,4,18H2,1-3H3,(H,29,32). The molecule has 4 rings (SSSR count).